The molecule has 0 saturated carbocycles. The number of rotatable bonds is 5. The van der Waals surface area contributed by atoms with Gasteiger partial charge in [0.25, 0.3) is 0 Å². The number of carbonyl (C=O) groups is 4. The zero-order chi connectivity index (χ0) is 14.8. The van der Waals surface area contributed by atoms with Gasteiger partial charge in [-0.1, -0.05) is 19.7 Å². The van der Waals surface area contributed by atoms with Crippen LogP contribution in [0.25, 0.3) is 0 Å². The maximum absolute atomic E-state index is 11.1. The van der Waals surface area contributed by atoms with Crippen LogP contribution in [0.2, 0.25) is 0 Å². The summed E-state index contributed by atoms with van der Waals surface area (Å²) in [7, 11) is 0. The molecule has 8 heteroatoms. The van der Waals surface area contributed by atoms with Crippen molar-refractivity contribution in [1.82, 2.24) is 0 Å². The SMILES string of the molecule is C=CC(=O)OOC(=O)CC(=C)C(=O)OOC(=O)C=C. The van der Waals surface area contributed by atoms with Crippen LogP contribution < -0.4 is 0 Å². The number of carbonyl (C=O) groups excluding carboxylic acids is 4. The topological polar surface area (TPSA) is 105 Å². The lowest BCUT2D eigenvalue weighted by Gasteiger charge is -2.03. The van der Waals surface area contributed by atoms with Gasteiger partial charge >= 0.3 is 23.9 Å². The molecule has 0 heterocycles. The van der Waals surface area contributed by atoms with E-state index in [1.54, 1.807) is 0 Å². The Morgan fingerprint density at radius 2 is 1.32 bits per heavy atom. The molecule has 0 saturated heterocycles. The Hall–Kier alpha value is -2.90. The molecule has 0 amide bonds. The first kappa shape index (κ1) is 16.1. The number of hydrogen-bond donors (Lipinski definition) is 0. The van der Waals surface area contributed by atoms with Gasteiger partial charge in [-0.3, -0.25) is 0 Å². The van der Waals surface area contributed by atoms with Gasteiger partial charge in [-0.05, 0) is 0 Å². The Kier molecular flexibility index (Phi) is 6.97. The maximum atomic E-state index is 11.1. The molecule has 0 atom stereocenters. The molecular formula is C11H10O8. The fraction of sp³-hybridized carbons (Fsp3) is 0.0909. The lowest BCUT2D eigenvalue weighted by atomic mass is 10.2. The van der Waals surface area contributed by atoms with Gasteiger partial charge in [-0.25, -0.2) is 38.7 Å². The van der Waals surface area contributed by atoms with Crippen LogP contribution in [0.1, 0.15) is 6.42 Å². The van der Waals surface area contributed by atoms with Crippen molar-refractivity contribution in [3.8, 4) is 0 Å². The van der Waals surface area contributed by atoms with Crippen LogP contribution in [-0.2, 0) is 38.7 Å². The van der Waals surface area contributed by atoms with Crippen LogP contribution in [0.15, 0.2) is 37.5 Å². The maximum Gasteiger partial charge on any atom is 0.382 e. The lowest BCUT2D eigenvalue weighted by molar-refractivity contribution is -0.256. The van der Waals surface area contributed by atoms with E-state index < -0.39 is 30.3 Å². The van der Waals surface area contributed by atoms with Crippen molar-refractivity contribution in [3.05, 3.63) is 37.5 Å². The second kappa shape index (κ2) is 8.23. The predicted octanol–water partition coefficient (Wildman–Crippen LogP) is 0.307. The molecule has 0 unspecified atom stereocenters. The standard InChI is InChI=1S/C11H10O8/c1-4-8(12)16-18-10(14)6-7(3)11(15)19-17-9(13)5-2/h4-5H,1-3,6H2. The molecule has 19 heavy (non-hydrogen) atoms. The average molecular weight is 270 g/mol. The van der Waals surface area contributed by atoms with E-state index in [2.05, 4.69) is 39.3 Å². The van der Waals surface area contributed by atoms with Gasteiger partial charge in [0.05, 0.1) is 6.42 Å². The first-order valence-electron chi connectivity index (χ1n) is 4.67. The molecule has 0 aromatic heterocycles. The quantitative estimate of drug-likeness (QED) is 0.399. The van der Waals surface area contributed by atoms with Crippen LogP contribution >= 0.6 is 0 Å². The molecule has 0 bridgehead atoms. The van der Waals surface area contributed by atoms with E-state index in [0.29, 0.717) is 0 Å². The molecule has 0 aromatic rings. The van der Waals surface area contributed by atoms with Crippen molar-refractivity contribution in [2.75, 3.05) is 0 Å². The van der Waals surface area contributed by atoms with Gasteiger partial charge in [0.1, 0.15) is 0 Å². The summed E-state index contributed by atoms with van der Waals surface area (Å²) >= 11 is 0. The van der Waals surface area contributed by atoms with Gasteiger partial charge in [-0.2, -0.15) is 0 Å². The Morgan fingerprint density at radius 1 is 0.842 bits per heavy atom. The lowest BCUT2D eigenvalue weighted by Crippen LogP contribution is -2.15. The summed E-state index contributed by atoms with van der Waals surface area (Å²) in [6.45, 7) is 9.32. The fourth-order valence-corrected chi connectivity index (χ4v) is 0.569. The highest BCUT2D eigenvalue weighted by atomic mass is 17.2. The van der Waals surface area contributed by atoms with Gasteiger partial charge in [0, 0.05) is 17.7 Å². The van der Waals surface area contributed by atoms with E-state index in [4.69, 9.17) is 0 Å². The molecule has 0 spiro atoms. The van der Waals surface area contributed by atoms with Crippen molar-refractivity contribution >= 4 is 23.9 Å². The summed E-state index contributed by atoms with van der Waals surface area (Å²) < 4.78 is 0. The molecule has 0 rings (SSSR count). The second-order valence-electron chi connectivity index (χ2n) is 2.82. The van der Waals surface area contributed by atoms with Crippen molar-refractivity contribution < 1.29 is 38.7 Å². The summed E-state index contributed by atoms with van der Waals surface area (Å²) in [5, 5.41) is 0. The van der Waals surface area contributed by atoms with Crippen LogP contribution in [0, 0.1) is 0 Å². The summed E-state index contributed by atoms with van der Waals surface area (Å²) in [5.41, 5.74) is -0.378. The highest BCUT2D eigenvalue weighted by molar-refractivity contribution is 5.93. The van der Waals surface area contributed by atoms with E-state index in [1.165, 1.54) is 0 Å². The molecule has 0 aliphatic heterocycles. The van der Waals surface area contributed by atoms with Crippen molar-refractivity contribution in [2.45, 2.75) is 6.42 Å². The van der Waals surface area contributed by atoms with Crippen LogP contribution in [0.5, 0.6) is 0 Å². The molecule has 0 aromatic carbocycles. The first-order chi connectivity index (χ1) is 8.90. The molecule has 0 N–H and O–H groups in total. The van der Waals surface area contributed by atoms with Crippen molar-refractivity contribution in [1.29, 1.82) is 0 Å². The molecular weight excluding hydrogens is 260 g/mol. The average Bonchev–Trinajstić information content (AvgIpc) is 2.41. The minimum absolute atomic E-state index is 0.378. The summed E-state index contributed by atoms with van der Waals surface area (Å²) in [6.07, 6.45) is 0.902. The third kappa shape index (κ3) is 7.10. The molecule has 0 aliphatic carbocycles. The van der Waals surface area contributed by atoms with Crippen LogP contribution in [0.3, 0.4) is 0 Å². The Labute approximate surface area is 107 Å². The number of hydrogen-bond acceptors (Lipinski definition) is 8. The Balaban J connectivity index is 4.07. The summed E-state index contributed by atoms with van der Waals surface area (Å²) in [5.74, 6) is -4.22. The minimum atomic E-state index is -1.16. The van der Waals surface area contributed by atoms with Crippen molar-refractivity contribution in [2.24, 2.45) is 0 Å². The highest BCUT2D eigenvalue weighted by Crippen LogP contribution is 2.04. The van der Waals surface area contributed by atoms with Gasteiger partial charge in [0.2, 0.25) is 0 Å². The Bertz CT molecular complexity index is 434. The van der Waals surface area contributed by atoms with E-state index in [9.17, 15) is 19.2 Å². The first-order valence-corrected chi connectivity index (χ1v) is 4.67. The summed E-state index contributed by atoms with van der Waals surface area (Å²) in [4.78, 5) is 59.2. The molecule has 8 nitrogen and oxygen atoms in total. The van der Waals surface area contributed by atoms with Gasteiger partial charge in [-0.15, -0.1) is 0 Å². The zero-order valence-corrected chi connectivity index (χ0v) is 9.75. The van der Waals surface area contributed by atoms with Crippen LogP contribution in [0.4, 0.5) is 0 Å². The van der Waals surface area contributed by atoms with E-state index in [-0.39, 0.29) is 5.57 Å². The normalized spacial score (nSPS) is 8.63. The van der Waals surface area contributed by atoms with E-state index in [0.717, 1.165) is 12.2 Å². The zero-order valence-electron chi connectivity index (χ0n) is 9.75. The molecule has 0 radical (unpaired) electrons. The third-order valence-corrected chi connectivity index (χ3v) is 1.40. The van der Waals surface area contributed by atoms with E-state index in [1.807, 2.05) is 0 Å². The molecule has 102 valence electrons. The molecule has 0 aliphatic rings. The monoisotopic (exact) mass is 270 g/mol. The van der Waals surface area contributed by atoms with Crippen molar-refractivity contribution in [3.63, 3.8) is 0 Å². The predicted molar refractivity (Wildman–Crippen MR) is 58.5 cm³/mol. The van der Waals surface area contributed by atoms with Gasteiger partial charge in [0.15, 0.2) is 0 Å². The smallest absolute Gasteiger partial charge is 0.247 e. The second-order valence-corrected chi connectivity index (χ2v) is 2.82. The minimum Gasteiger partial charge on any atom is -0.247 e. The Morgan fingerprint density at radius 3 is 1.79 bits per heavy atom. The fourth-order valence-electron chi connectivity index (χ4n) is 0.569. The van der Waals surface area contributed by atoms with Gasteiger partial charge < -0.3 is 0 Å². The highest BCUT2D eigenvalue weighted by Gasteiger charge is 2.18. The van der Waals surface area contributed by atoms with Crippen LogP contribution in [-0.4, -0.2) is 23.9 Å². The van der Waals surface area contributed by atoms with E-state index >= 15 is 0 Å². The third-order valence-electron chi connectivity index (χ3n) is 1.40. The summed E-state index contributed by atoms with van der Waals surface area (Å²) in [6, 6.07) is 0. The largest absolute Gasteiger partial charge is 0.382 e. The molecule has 0 fully saturated rings.